The third-order valence-corrected chi connectivity index (χ3v) is 3.63. The van der Waals surface area contributed by atoms with Crippen molar-refractivity contribution in [3.63, 3.8) is 0 Å². The Hall–Kier alpha value is -1.78. The Morgan fingerprint density at radius 2 is 1.90 bits per heavy atom. The summed E-state index contributed by atoms with van der Waals surface area (Å²) in [5, 5.41) is 15.1. The number of anilines is 1. The molecule has 0 heterocycles. The molecule has 2 aromatic rings. The first-order chi connectivity index (χ1) is 9.49. The fourth-order valence-electron chi connectivity index (χ4n) is 1.81. The number of benzene rings is 2. The van der Waals surface area contributed by atoms with Gasteiger partial charge in [-0.25, -0.2) is 0 Å². The van der Waals surface area contributed by atoms with Gasteiger partial charge in [0.15, 0.2) is 0 Å². The Morgan fingerprint density at radius 1 is 1.20 bits per heavy atom. The molecule has 0 bridgehead atoms. The number of nitrogens with zero attached hydrogens (tertiary/aromatic N) is 1. The zero-order valence-electron chi connectivity index (χ0n) is 10.7. The normalized spacial score (nSPS) is 10.3. The van der Waals surface area contributed by atoms with Crippen molar-refractivity contribution in [3.8, 4) is 0 Å². The molecule has 0 aromatic heterocycles. The fraction of sp³-hybridized carbons (Fsp3) is 0.143. The minimum atomic E-state index is -0.402. The molecule has 4 nitrogen and oxygen atoms in total. The van der Waals surface area contributed by atoms with Crippen molar-refractivity contribution in [2.45, 2.75) is 13.5 Å². The van der Waals surface area contributed by atoms with Crippen LogP contribution in [0, 0.1) is 17.0 Å². The van der Waals surface area contributed by atoms with E-state index < -0.39 is 4.92 Å². The van der Waals surface area contributed by atoms with Gasteiger partial charge >= 0.3 is 0 Å². The maximum Gasteiger partial charge on any atom is 0.274 e. The molecule has 0 fully saturated rings. The molecule has 0 amide bonds. The van der Waals surface area contributed by atoms with Gasteiger partial charge in [0.05, 0.1) is 15.6 Å². The summed E-state index contributed by atoms with van der Waals surface area (Å²) in [6, 6.07) is 10.0. The summed E-state index contributed by atoms with van der Waals surface area (Å²) < 4.78 is 0. The van der Waals surface area contributed by atoms with E-state index >= 15 is 0 Å². The molecule has 0 radical (unpaired) electrons. The van der Waals surface area contributed by atoms with Crippen LogP contribution < -0.4 is 5.32 Å². The quantitative estimate of drug-likeness (QED) is 0.650. The van der Waals surface area contributed by atoms with Crippen molar-refractivity contribution in [2.24, 2.45) is 0 Å². The number of rotatable bonds is 4. The SMILES string of the molecule is Cc1cc(Cl)c(NCc2ccccc2[N+](=O)[O-])cc1Cl. The van der Waals surface area contributed by atoms with Crippen LogP contribution in [0.3, 0.4) is 0 Å². The standard InChI is InChI=1S/C14H12Cl2N2O2/c1-9-6-12(16)13(7-11(9)15)17-8-10-4-2-3-5-14(10)18(19)20/h2-7,17H,8H2,1H3. The van der Waals surface area contributed by atoms with Crippen molar-refractivity contribution in [1.82, 2.24) is 0 Å². The van der Waals surface area contributed by atoms with Crippen LogP contribution in [0.25, 0.3) is 0 Å². The van der Waals surface area contributed by atoms with Crippen LogP contribution in [-0.2, 0) is 6.54 Å². The van der Waals surface area contributed by atoms with Crippen LogP contribution in [0.15, 0.2) is 36.4 Å². The maximum absolute atomic E-state index is 10.9. The van der Waals surface area contributed by atoms with Gasteiger partial charge in [0.2, 0.25) is 0 Å². The van der Waals surface area contributed by atoms with Crippen LogP contribution in [-0.4, -0.2) is 4.92 Å². The third-order valence-electron chi connectivity index (χ3n) is 2.91. The summed E-state index contributed by atoms with van der Waals surface area (Å²) in [7, 11) is 0. The largest absolute Gasteiger partial charge is 0.379 e. The van der Waals surface area contributed by atoms with Gasteiger partial charge in [0.1, 0.15) is 0 Å². The Kier molecular flexibility index (Phi) is 4.47. The van der Waals surface area contributed by atoms with E-state index in [9.17, 15) is 10.1 Å². The van der Waals surface area contributed by atoms with E-state index in [0.717, 1.165) is 5.56 Å². The summed E-state index contributed by atoms with van der Waals surface area (Å²) in [6.07, 6.45) is 0. The van der Waals surface area contributed by atoms with Gasteiger partial charge in [0.25, 0.3) is 5.69 Å². The second-order valence-corrected chi connectivity index (χ2v) is 5.14. The fourth-order valence-corrected chi connectivity index (χ4v) is 2.26. The molecule has 104 valence electrons. The van der Waals surface area contributed by atoms with Crippen molar-refractivity contribution < 1.29 is 4.92 Å². The number of para-hydroxylation sites is 1. The molecule has 0 saturated carbocycles. The van der Waals surface area contributed by atoms with E-state index in [1.54, 1.807) is 30.3 Å². The van der Waals surface area contributed by atoms with E-state index in [1.807, 2.05) is 6.92 Å². The number of nitro groups is 1. The summed E-state index contributed by atoms with van der Waals surface area (Å²) >= 11 is 12.2. The average molecular weight is 311 g/mol. The van der Waals surface area contributed by atoms with E-state index in [4.69, 9.17) is 23.2 Å². The van der Waals surface area contributed by atoms with Crippen molar-refractivity contribution in [3.05, 3.63) is 67.7 Å². The molecule has 1 N–H and O–H groups in total. The predicted molar refractivity (Wildman–Crippen MR) is 81.6 cm³/mol. The van der Waals surface area contributed by atoms with Crippen LogP contribution in [0.4, 0.5) is 11.4 Å². The summed E-state index contributed by atoms with van der Waals surface area (Å²) in [6.45, 7) is 2.16. The van der Waals surface area contributed by atoms with E-state index in [0.29, 0.717) is 27.8 Å². The smallest absolute Gasteiger partial charge is 0.274 e. The number of halogens is 2. The molecule has 0 aliphatic carbocycles. The minimum absolute atomic E-state index is 0.0781. The van der Waals surface area contributed by atoms with Gasteiger partial charge in [-0.05, 0) is 24.6 Å². The van der Waals surface area contributed by atoms with E-state index in [-0.39, 0.29) is 5.69 Å². The molecule has 0 aliphatic rings. The lowest BCUT2D eigenvalue weighted by Crippen LogP contribution is -2.03. The summed E-state index contributed by atoms with van der Waals surface area (Å²) in [5.74, 6) is 0. The minimum Gasteiger partial charge on any atom is -0.379 e. The van der Waals surface area contributed by atoms with Crippen molar-refractivity contribution >= 4 is 34.6 Å². The molecule has 0 atom stereocenters. The first-order valence-corrected chi connectivity index (χ1v) is 6.66. The Morgan fingerprint density at radius 3 is 2.60 bits per heavy atom. The van der Waals surface area contributed by atoms with Crippen LogP contribution in [0.2, 0.25) is 10.0 Å². The Labute approximate surface area is 126 Å². The molecule has 2 aromatic carbocycles. The predicted octanol–water partition coefficient (Wildman–Crippen LogP) is 4.82. The number of aryl methyl sites for hydroxylation is 1. The topological polar surface area (TPSA) is 55.2 Å². The molecule has 0 saturated heterocycles. The van der Waals surface area contributed by atoms with E-state index in [1.165, 1.54) is 6.07 Å². The molecule has 2 rings (SSSR count). The monoisotopic (exact) mass is 310 g/mol. The summed E-state index contributed by atoms with van der Waals surface area (Å²) in [5.41, 5.74) is 2.20. The highest BCUT2D eigenvalue weighted by Crippen LogP contribution is 2.29. The second-order valence-electron chi connectivity index (χ2n) is 4.32. The number of nitrogens with one attached hydrogen (secondary N) is 1. The highest BCUT2D eigenvalue weighted by molar-refractivity contribution is 6.35. The second kappa shape index (κ2) is 6.11. The van der Waals surface area contributed by atoms with Gasteiger partial charge in [-0.15, -0.1) is 0 Å². The molecule has 20 heavy (non-hydrogen) atoms. The van der Waals surface area contributed by atoms with Crippen LogP contribution in [0.5, 0.6) is 0 Å². The van der Waals surface area contributed by atoms with Crippen molar-refractivity contribution in [1.29, 1.82) is 0 Å². The lowest BCUT2D eigenvalue weighted by Gasteiger charge is -2.10. The lowest BCUT2D eigenvalue weighted by molar-refractivity contribution is -0.385. The molecule has 6 heteroatoms. The third kappa shape index (κ3) is 3.21. The first-order valence-electron chi connectivity index (χ1n) is 5.91. The average Bonchev–Trinajstić information content (AvgIpc) is 2.41. The Balaban J connectivity index is 2.21. The molecule has 0 unspecified atom stereocenters. The summed E-state index contributed by atoms with van der Waals surface area (Å²) in [4.78, 5) is 10.5. The molecule has 0 aliphatic heterocycles. The van der Waals surface area contributed by atoms with Gasteiger partial charge in [0, 0.05) is 23.2 Å². The van der Waals surface area contributed by atoms with Crippen molar-refractivity contribution in [2.75, 3.05) is 5.32 Å². The Bertz CT molecular complexity index is 660. The number of hydrogen-bond acceptors (Lipinski definition) is 3. The molecular formula is C14H12Cl2N2O2. The van der Waals surface area contributed by atoms with Gasteiger partial charge in [-0.1, -0.05) is 41.4 Å². The molecule has 0 spiro atoms. The highest BCUT2D eigenvalue weighted by atomic mass is 35.5. The van der Waals surface area contributed by atoms with E-state index in [2.05, 4.69) is 5.32 Å². The highest BCUT2D eigenvalue weighted by Gasteiger charge is 2.12. The van der Waals surface area contributed by atoms with Gasteiger partial charge < -0.3 is 5.32 Å². The van der Waals surface area contributed by atoms with Crippen LogP contribution >= 0.6 is 23.2 Å². The number of hydrogen-bond donors (Lipinski definition) is 1. The van der Waals surface area contributed by atoms with Crippen LogP contribution in [0.1, 0.15) is 11.1 Å². The first kappa shape index (κ1) is 14.6. The zero-order valence-corrected chi connectivity index (χ0v) is 12.2. The maximum atomic E-state index is 10.9. The van der Waals surface area contributed by atoms with Gasteiger partial charge in [-0.3, -0.25) is 10.1 Å². The lowest BCUT2D eigenvalue weighted by atomic mass is 10.1. The zero-order chi connectivity index (χ0) is 14.7. The van der Waals surface area contributed by atoms with Gasteiger partial charge in [-0.2, -0.15) is 0 Å². The number of nitro benzene ring substituents is 1. The molecular weight excluding hydrogens is 299 g/mol.